The molecule has 3 nitrogen and oxygen atoms in total. The van der Waals surface area contributed by atoms with Gasteiger partial charge in [0.15, 0.2) is 0 Å². The minimum atomic E-state index is -0.524. The third kappa shape index (κ3) is 2.02. The van der Waals surface area contributed by atoms with Gasteiger partial charge in [-0.05, 0) is 43.0 Å². The topological polar surface area (TPSA) is 46.5 Å². The van der Waals surface area contributed by atoms with Crippen molar-refractivity contribution < 1.29 is 14.6 Å². The maximum atomic E-state index is 11.7. The van der Waals surface area contributed by atoms with Crippen LogP contribution in [0.3, 0.4) is 0 Å². The number of carbonyl (C=O) groups is 1. The molecule has 4 heteroatoms. The fourth-order valence-corrected chi connectivity index (χ4v) is 2.05. The number of ether oxygens (including phenoxy) is 1. The Morgan fingerprint density at radius 1 is 1.28 bits per heavy atom. The third-order valence-corrected chi connectivity index (χ3v) is 3.28. The Hall–Kier alpha value is -1.74. The van der Waals surface area contributed by atoms with Gasteiger partial charge in [0.1, 0.15) is 11.3 Å². The summed E-state index contributed by atoms with van der Waals surface area (Å²) in [5.41, 5.74) is 1.05. The highest BCUT2D eigenvalue weighted by atomic mass is 35.5. The second-order valence-electron chi connectivity index (χ2n) is 3.95. The van der Waals surface area contributed by atoms with Crippen molar-refractivity contribution in [3.63, 3.8) is 0 Å². The number of aromatic hydroxyl groups is 1. The molecule has 2 rings (SSSR count). The number of hydrogen-bond acceptors (Lipinski definition) is 3. The Balaban J connectivity index is 2.65. The first-order valence-electron chi connectivity index (χ1n) is 5.64. The molecule has 0 aromatic heterocycles. The number of aryl methyl sites for hydroxylation is 1. The predicted molar refractivity (Wildman–Crippen MR) is 71.3 cm³/mol. The number of phenolic OH excluding ortho intramolecular Hbond substituents is 1. The van der Waals surface area contributed by atoms with E-state index in [-0.39, 0.29) is 17.9 Å². The molecule has 0 saturated carbocycles. The highest BCUT2D eigenvalue weighted by Gasteiger charge is 2.15. The molecule has 0 spiro atoms. The Labute approximate surface area is 110 Å². The Bertz CT molecular complexity index is 620. The molecule has 0 saturated heterocycles. The summed E-state index contributed by atoms with van der Waals surface area (Å²) in [6, 6.07) is 6.72. The summed E-state index contributed by atoms with van der Waals surface area (Å²) in [6.45, 7) is 3.87. The maximum Gasteiger partial charge on any atom is 0.341 e. The second kappa shape index (κ2) is 4.86. The van der Waals surface area contributed by atoms with Crippen LogP contribution >= 0.6 is 11.6 Å². The molecule has 0 fully saturated rings. The summed E-state index contributed by atoms with van der Waals surface area (Å²) in [6.07, 6.45) is 0. The molecule has 0 aliphatic heterocycles. The molecular weight excluding hydrogens is 252 g/mol. The summed E-state index contributed by atoms with van der Waals surface area (Å²) < 4.78 is 4.89. The van der Waals surface area contributed by atoms with E-state index in [2.05, 4.69) is 0 Å². The van der Waals surface area contributed by atoms with Crippen molar-refractivity contribution in [2.45, 2.75) is 13.8 Å². The fourth-order valence-electron chi connectivity index (χ4n) is 1.89. The first-order valence-corrected chi connectivity index (χ1v) is 6.02. The Morgan fingerprint density at radius 3 is 2.61 bits per heavy atom. The van der Waals surface area contributed by atoms with Crippen LogP contribution < -0.4 is 0 Å². The smallest absolute Gasteiger partial charge is 0.341 e. The minimum Gasteiger partial charge on any atom is -0.506 e. The number of halogens is 1. The largest absolute Gasteiger partial charge is 0.506 e. The van der Waals surface area contributed by atoms with Crippen LogP contribution in [-0.4, -0.2) is 17.7 Å². The number of esters is 1. The molecule has 2 aromatic carbocycles. The molecule has 0 amide bonds. The van der Waals surface area contributed by atoms with Gasteiger partial charge in [0, 0.05) is 10.4 Å². The average Bonchev–Trinajstić information content (AvgIpc) is 2.34. The fraction of sp³-hybridized carbons (Fsp3) is 0.214. The summed E-state index contributed by atoms with van der Waals surface area (Å²) >= 11 is 6.02. The Morgan fingerprint density at radius 2 is 1.94 bits per heavy atom. The van der Waals surface area contributed by atoms with Crippen LogP contribution in [0.15, 0.2) is 24.3 Å². The first kappa shape index (κ1) is 12.7. The maximum absolute atomic E-state index is 11.7. The number of hydrogen-bond donors (Lipinski definition) is 1. The molecule has 0 aliphatic rings. The van der Waals surface area contributed by atoms with Gasteiger partial charge >= 0.3 is 5.97 Å². The SMILES string of the molecule is CCOC(=O)c1ccc2c(C)c(Cl)ccc2c1O. The van der Waals surface area contributed by atoms with E-state index >= 15 is 0 Å². The van der Waals surface area contributed by atoms with Gasteiger partial charge in [-0.3, -0.25) is 0 Å². The molecule has 2 aromatic rings. The molecule has 0 aliphatic carbocycles. The number of fused-ring (bicyclic) bond motifs is 1. The van der Waals surface area contributed by atoms with Crippen LogP contribution in [0.1, 0.15) is 22.8 Å². The summed E-state index contributed by atoms with van der Waals surface area (Å²) in [7, 11) is 0. The predicted octanol–water partition coefficient (Wildman–Crippen LogP) is 3.68. The number of benzene rings is 2. The van der Waals surface area contributed by atoms with E-state index in [1.165, 1.54) is 0 Å². The van der Waals surface area contributed by atoms with Gasteiger partial charge in [-0.2, -0.15) is 0 Å². The van der Waals surface area contributed by atoms with Gasteiger partial charge in [0.05, 0.1) is 6.61 Å². The van der Waals surface area contributed by atoms with Crippen LogP contribution in [-0.2, 0) is 4.74 Å². The zero-order valence-electron chi connectivity index (χ0n) is 10.2. The highest BCUT2D eigenvalue weighted by Crippen LogP contribution is 2.33. The first-order chi connectivity index (χ1) is 8.56. The van der Waals surface area contributed by atoms with E-state index in [4.69, 9.17) is 16.3 Å². The van der Waals surface area contributed by atoms with Crippen LogP contribution in [0.5, 0.6) is 5.75 Å². The molecule has 0 heterocycles. The van der Waals surface area contributed by atoms with Crippen molar-refractivity contribution in [3.05, 3.63) is 40.4 Å². The third-order valence-electron chi connectivity index (χ3n) is 2.87. The molecule has 18 heavy (non-hydrogen) atoms. The van der Waals surface area contributed by atoms with Gasteiger partial charge in [-0.1, -0.05) is 17.7 Å². The zero-order chi connectivity index (χ0) is 13.3. The summed E-state index contributed by atoms with van der Waals surface area (Å²) in [5, 5.41) is 12.2. The molecule has 0 atom stereocenters. The average molecular weight is 265 g/mol. The normalized spacial score (nSPS) is 10.6. The van der Waals surface area contributed by atoms with E-state index < -0.39 is 5.97 Å². The zero-order valence-corrected chi connectivity index (χ0v) is 10.9. The van der Waals surface area contributed by atoms with E-state index in [0.717, 1.165) is 10.9 Å². The molecule has 0 radical (unpaired) electrons. The van der Waals surface area contributed by atoms with Gasteiger partial charge in [-0.15, -0.1) is 0 Å². The van der Waals surface area contributed by atoms with E-state index in [0.29, 0.717) is 10.4 Å². The van der Waals surface area contributed by atoms with E-state index in [9.17, 15) is 9.90 Å². The monoisotopic (exact) mass is 264 g/mol. The van der Waals surface area contributed by atoms with Crippen molar-refractivity contribution in [1.29, 1.82) is 0 Å². The molecule has 0 bridgehead atoms. The number of carbonyl (C=O) groups excluding carboxylic acids is 1. The highest BCUT2D eigenvalue weighted by molar-refractivity contribution is 6.32. The van der Waals surface area contributed by atoms with Gasteiger partial charge in [-0.25, -0.2) is 4.79 Å². The molecule has 0 unspecified atom stereocenters. The Kier molecular flexibility index (Phi) is 3.43. The lowest BCUT2D eigenvalue weighted by Crippen LogP contribution is -2.05. The quantitative estimate of drug-likeness (QED) is 0.842. The summed E-state index contributed by atoms with van der Waals surface area (Å²) in [4.78, 5) is 11.7. The molecule has 1 N–H and O–H groups in total. The second-order valence-corrected chi connectivity index (χ2v) is 4.36. The van der Waals surface area contributed by atoms with Gasteiger partial charge < -0.3 is 9.84 Å². The van der Waals surface area contributed by atoms with Crippen molar-refractivity contribution >= 4 is 28.3 Å². The van der Waals surface area contributed by atoms with Crippen molar-refractivity contribution in [2.24, 2.45) is 0 Å². The van der Waals surface area contributed by atoms with Crippen molar-refractivity contribution in [2.75, 3.05) is 6.61 Å². The van der Waals surface area contributed by atoms with Crippen LogP contribution in [0, 0.1) is 6.92 Å². The van der Waals surface area contributed by atoms with E-state index in [1.54, 1.807) is 31.2 Å². The lowest BCUT2D eigenvalue weighted by Gasteiger charge is -2.09. The molecular formula is C14H13ClO3. The van der Waals surface area contributed by atoms with Crippen molar-refractivity contribution in [3.8, 4) is 5.75 Å². The van der Waals surface area contributed by atoms with Gasteiger partial charge in [0.2, 0.25) is 0 Å². The van der Waals surface area contributed by atoms with E-state index in [1.807, 2.05) is 6.92 Å². The number of rotatable bonds is 2. The minimum absolute atomic E-state index is 0.0642. The standard InChI is InChI=1S/C14H13ClO3/c1-3-18-14(17)11-5-4-9-8(2)12(15)7-6-10(9)13(11)16/h4-7,16H,3H2,1-2H3. The van der Waals surface area contributed by atoms with Crippen LogP contribution in [0.25, 0.3) is 10.8 Å². The van der Waals surface area contributed by atoms with Crippen LogP contribution in [0.2, 0.25) is 5.02 Å². The molecule has 94 valence electrons. The number of phenols is 1. The van der Waals surface area contributed by atoms with Crippen LogP contribution in [0.4, 0.5) is 0 Å². The lowest BCUT2D eigenvalue weighted by atomic mass is 10.0. The lowest BCUT2D eigenvalue weighted by molar-refractivity contribution is 0.0523. The van der Waals surface area contributed by atoms with Gasteiger partial charge in [0.25, 0.3) is 0 Å². The van der Waals surface area contributed by atoms with Crippen molar-refractivity contribution in [1.82, 2.24) is 0 Å². The summed E-state index contributed by atoms with van der Waals surface area (Å²) in [5.74, 6) is -0.588.